The van der Waals surface area contributed by atoms with Crippen LogP contribution in [0.3, 0.4) is 0 Å². The highest BCUT2D eigenvalue weighted by Gasteiger charge is 2.37. The molecule has 6 heteroatoms. The Balaban J connectivity index is 1.74. The van der Waals surface area contributed by atoms with Crippen molar-refractivity contribution in [3.05, 3.63) is 0 Å². The zero-order valence-electron chi connectivity index (χ0n) is 9.68. The van der Waals surface area contributed by atoms with Crippen molar-refractivity contribution in [3.63, 3.8) is 0 Å². The summed E-state index contributed by atoms with van der Waals surface area (Å²) in [5, 5.41) is 3.42. The fourth-order valence-electron chi connectivity index (χ4n) is 2.11. The van der Waals surface area contributed by atoms with E-state index in [2.05, 4.69) is 5.32 Å². The third kappa shape index (κ3) is 4.67. The number of hydrogen-bond donors (Lipinski definition) is 1. The van der Waals surface area contributed by atoms with E-state index < -0.39 is 5.51 Å². The lowest BCUT2D eigenvalue weighted by molar-refractivity contribution is -0.0329. The molecule has 1 saturated heterocycles. The van der Waals surface area contributed by atoms with E-state index in [4.69, 9.17) is 4.74 Å². The van der Waals surface area contributed by atoms with Crippen LogP contribution in [0.25, 0.3) is 0 Å². The zero-order chi connectivity index (χ0) is 12.4. The van der Waals surface area contributed by atoms with Crippen LogP contribution in [0, 0.1) is 5.41 Å². The van der Waals surface area contributed by atoms with Crippen LogP contribution in [0.15, 0.2) is 0 Å². The molecular weight excluding hydrogens is 251 g/mol. The Kier molecular flexibility index (Phi) is 4.26. The lowest BCUT2D eigenvalue weighted by Gasteiger charge is -2.27. The number of halogens is 3. The molecule has 1 heterocycles. The SMILES string of the molecule is FC(F)(F)SCCC1(CNC2CC2)CCOC1. The Morgan fingerprint density at radius 3 is 2.65 bits per heavy atom. The number of thioether (sulfide) groups is 1. The first-order chi connectivity index (χ1) is 7.99. The van der Waals surface area contributed by atoms with E-state index in [1.807, 2.05) is 0 Å². The van der Waals surface area contributed by atoms with Gasteiger partial charge < -0.3 is 10.1 Å². The average molecular weight is 269 g/mol. The first-order valence-corrected chi connectivity index (χ1v) is 7.00. The minimum absolute atomic E-state index is 0.0686. The van der Waals surface area contributed by atoms with E-state index >= 15 is 0 Å². The first-order valence-electron chi connectivity index (χ1n) is 6.01. The molecule has 100 valence electrons. The summed E-state index contributed by atoms with van der Waals surface area (Å²) >= 11 is 0.0855. The van der Waals surface area contributed by atoms with Gasteiger partial charge in [0, 0.05) is 30.4 Å². The van der Waals surface area contributed by atoms with Gasteiger partial charge in [-0.2, -0.15) is 13.2 Å². The van der Waals surface area contributed by atoms with Crippen molar-refractivity contribution in [1.29, 1.82) is 0 Å². The highest BCUT2D eigenvalue weighted by atomic mass is 32.2. The molecule has 1 saturated carbocycles. The van der Waals surface area contributed by atoms with Gasteiger partial charge in [-0.1, -0.05) is 11.8 Å². The Labute approximate surface area is 104 Å². The predicted molar refractivity (Wildman–Crippen MR) is 62.0 cm³/mol. The monoisotopic (exact) mass is 269 g/mol. The van der Waals surface area contributed by atoms with Crippen molar-refractivity contribution in [2.24, 2.45) is 5.41 Å². The van der Waals surface area contributed by atoms with Crippen molar-refractivity contribution < 1.29 is 17.9 Å². The molecule has 1 unspecified atom stereocenters. The van der Waals surface area contributed by atoms with Gasteiger partial charge in [0.2, 0.25) is 0 Å². The van der Waals surface area contributed by atoms with Gasteiger partial charge in [0.1, 0.15) is 0 Å². The summed E-state index contributed by atoms with van der Waals surface area (Å²) in [5.74, 6) is 0.138. The molecule has 0 aromatic carbocycles. The van der Waals surface area contributed by atoms with Crippen molar-refractivity contribution in [3.8, 4) is 0 Å². The first kappa shape index (κ1) is 13.5. The number of rotatable bonds is 6. The van der Waals surface area contributed by atoms with Gasteiger partial charge in [0.05, 0.1) is 6.61 Å². The third-order valence-electron chi connectivity index (χ3n) is 3.43. The van der Waals surface area contributed by atoms with Crippen LogP contribution in [-0.2, 0) is 4.74 Å². The summed E-state index contributed by atoms with van der Waals surface area (Å²) < 4.78 is 41.6. The molecule has 0 amide bonds. The van der Waals surface area contributed by atoms with Crippen LogP contribution in [0.1, 0.15) is 25.7 Å². The maximum absolute atomic E-state index is 12.1. The van der Waals surface area contributed by atoms with Crippen molar-refractivity contribution >= 4 is 11.8 Å². The Morgan fingerprint density at radius 2 is 2.12 bits per heavy atom. The highest BCUT2D eigenvalue weighted by molar-refractivity contribution is 8.00. The standard InChI is InChI=1S/C11H18F3NOS/c12-11(13,14)17-6-4-10(3-5-16-8-10)7-15-9-1-2-9/h9,15H,1-8H2. The summed E-state index contributed by atoms with van der Waals surface area (Å²) in [4.78, 5) is 0. The Bertz CT molecular complexity index is 250. The Morgan fingerprint density at radius 1 is 1.35 bits per heavy atom. The van der Waals surface area contributed by atoms with Gasteiger partial charge in [0.25, 0.3) is 0 Å². The van der Waals surface area contributed by atoms with E-state index in [9.17, 15) is 13.2 Å². The van der Waals surface area contributed by atoms with Crippen molar-refractivity contribution in [2.45, 2.75) is 37.2 Å². The van der Waals surface area contributed by atoms with Crippen LogP contribution in [0.5, 0.6) is 0 Å². The third-order valence-corrected chi connectivity index (χ3v) is 4.16. The smallest absolute Gasteiger partial charge is 0.381 e. The number of nitrogens with one attached hydrogen (secondary N) is 1. The fourth-order valence-corrected chi connectivity index (χ4v) is 2.87. The topological polar surface area (TPSA) is 21.3 Å². The van der Waals surface area contributed by atoms with E-state index in [0.717, 1.165) is 13.0 Å². The van der Waals surface area contributed by atoms with Crippen LogP contribution in [0.2, 0.25) is 0 Å². The maximum Gasteiger partial charge on any atom is 0.441 e. The molecule has 17 heavy (non-hydrogen) atoms. The molecule has 1 aliphatic carbocycles. The molecule has 2 aliphatic rings. The lowest BCUT2D eigenvalue weighted by atomic mass is 9.84. The second kappa shape index (κ2) is 5.36. The summed E-state index contributed by atoms with van der Waals surface area (Å²) in [5.41, 5.74) is -4.18. The van der Waals surface area contributed by atoms with Crippen LogP contribution >= 0.6 is 11.8 Å². The number of hydrogen-bond acceptors (Lipinski definition) is 3. The summed E-state index contributed by atoms with van der Waals surface area (Å²) in [6.07, 6.45) is 3.87. The van der Waals surface area contributed by atoms with Gasteiger partial charge in [-0.05, 0) is 25.7 Å². The van der Waals surface area contributed by atoms with E-state index in [1.165, 1.54) is 12.8 Å². The molecule has 0 radical (unpaired) electrons. The second-order valence-electron chi connectivity index (χ2n) is 5.00. The largest absolute Gasteiger partial charge is 0.441 e. The van der Waals surface area contributed by atoms with Crippen molar-refractivity contribution in [2.75, 3.05) is 25.5 Å². The molecule has 2 nitrogen and oxygen atoms in total. The molecule has 0 aromatic rings. The van der Waals surface area contributed by atoms with Crippen LogP contribution < -0.4 is 5.32 Å². The van der Waals surface area contributed by atoms with E-state index in [1.54, 1.807) is 0 Å². The molecule has 0 bridgehead atoms. The molecule has 0 spiro atoms. The fraction of sp³-hybridized carbons (Fsp3) is 1.00. The number of alkyl halides is 3. The minimum atomic E-state index is -4.11. The lowest BCUT2D eigenvalue weighted by Crippen LogP contribution is -2.36. The molecule has 1 atom stereocenters. The van der Waals surface area contributed by atoms with E-state index in [0.29, 0.717) is 25.7 Å². The van der Waals surface area contributed by atoms with E-state index in [-0.39, 0.29) is 22.9 Å². The maximum atomic E-state index is 12.1. The van der Waals surface area contributed by atoms with Crippen LogP contribution in [0.4, 0.5) is 13.2 Å². The summed E-state index contributed by atoms with van der Waals surface area (Å²) in [6, 6.07) is 0.600. The number of ether oxygens (including phenoxy) is 1. The predicted octanol–water partition coefficient (Wildman–Crippen LogP) is 2.79. The van der Waals surface area contributed by atoms with Crippen molar-refractivity contribution in [1.82, 2.24) is 5.32 Å². The van der Waals surface area contributed by atoms with Gasteiger partial charge in [-0.25, -0.2) is 0 Å². The molecule has 2 fully saturated rings. The molecule has 1 aliphatic heterocycles. The van der Waals surface area contributed by atoms with Gasteiger partial charge in [0.15, 0.2) is 0 Å². The Hall–Kier alpha value is 0.0600. The molecule has 2 rings (SSSR count). The molecule has 1 N–H and O–H groups in total. The minimum Gasteiger partial charge on any atom is -0.381 e. The van der Waals surface area contributed by atoms with Crippen LogP contribution in [-0.4, -0.2) is 37.1 Å². The van der Waals surface area contributed by atoms with Gasteiger partial charge in [-0.15, -0.1) is 0 Å². The van der Waals surface area contributed by atoms with Gasteiger partial charge >= 0.3 is 5.51 Å². The summed E-state index contributed by atoms with van der Waals surface area (Å²) in [6.45, 7) is 2.09. The second-order valence-corrected chi connectivity index (χ2v) is 6.16. The average Bonchev–Trinajstić information content (AvgIpc) is 2.95. The molecule has 0 aromatic heterocycles. The molecular formula is C11H18F3NOS. The van der Waals surface area contributed by atoms with Gasteiger partial charge in [-0.3, -0.25) is 0 Å². The zero-order valence-corrected chi connectivity index (χ0v) is 10.5. The highest BCUT2D eigenvalue weighted by Crippen LogP contribution is 2.38. The summed E-state index contributed by atoms with van der Waals surface area (Å²) in [7, 11) is 0. The normalized spacial score (nSPS) is 29.8. The quantitative estimate of drug-likeness (QED) is 0.801.